The van der Waals surface area contributed by atoms with Gasteiger partial charge < -0.3 is 5.32 Å². The maximum Gasteiger partial charge on any atom is 0.233 e. The third kappa shape index (κ3) is 4.06. The molecule has 1 heterocycles. The molecular formula is C19H23FN2O3. The first-order valence-electron chi connectivity index (χ1n) is 8.92. The number of imide groups is 1. The third-order valence-corrected chi connectivity index (χ3v) is 5.14. The van der Waals surface area contributed by atoms with Crippen molar-refractivity contribution >= 4 is 17.7 Å². The molecule has 6 heteroatoms. The smallest absolute Gasteiger partial charge is 0.233 e. The van der Waals surface area contributed by atoms with E-state index < -0.39 is 0 Å². The SMILES string of the molecule is O=C(CCN1C(=O)C2CCCCC2C1=O)NCCc1ccc(F)cc1. The van der Waals surface area contributed by atoms with E-state index in [1.807, 2.05) is 0 Å². The van der Waals surface area contributed by atoms with Crippen molar-refractivity contribution in [3.8, 4) is 0 Å². The van der Waals surface area contributed by atoms with Gasteiger partial charge in [0.2, 0.25) is 17.7 Å². The number of nitrogens with zero attached hydrogens (tertiary/aromatic N) is 1. The Labute approximate surface area is 146 Å². The Morgan fingerprint density at radius 2 is 1.68 bits per heavy atom. The second kappa shape index (κ2) is 7.76. The van der Waals surface area contributed by atoms with Crippen molar-refractivity contribution in [2.75, 3.05) is 13.1 Å². The molecule has 5 nitrogen and oxygen atoms in total. The molecule has 1 N–H and O–H groups in total. The fourth-order valence-corrected chi connectivity index (χ4v) is 3.75. The summed E-state index contributed by atoms with van der Waals surface area (Å²) in [4.78, 5) is 37.9. The van der Waals surface area contributed by atoms with Crippen LogP contribution >= 0.6 is 0 Å². The Kier molecular flexibility index (Phi) is 5.46. The standard InChI is InChI=1S/C19H23FN2O3/c20-14-7-5-13(6-8-14)9-11-21-17(23)10-12-22-18(24)15-3-1-2-4-16(15)19(22)25/h5-8,15-16H,1-4,9-12H2,(H,21,23). The summed E-state index contributed by atoms with van der Waals surface area (Å²) < 4.78 is 12.8. The number of halogens is 1. The fourth-order valence-electron chi connectivity index (χ4n) is 3.75. The molecule has 134 valence electrons. The van der Waals surface area contributed by atoms with E-state index in [9.17, 15) is 18.8 Å². The summed E-state index contributed by atoms with van der Waals surface area (Å²) in [5, 5.41) is 2.78. The zero-order valence-corrected chi connectivity index (χ0v) is 14.2. The van der Waals surface area contributed by atoms with Crippen LogP contribution in [-0.2, 0) is 20.8 Å². The van der Waals surface area contributed by atoms with Crippen LogP contribution < -0.4 is 5.32 Å². The molecule has 0 spiro atoms. The Hall–Kier alpha value is -2.24. The highest BCUT2D eigenvalue weighted by Gasteiger charge is 2.47. The average Bonchev–Trinajstić information content (AvgIpc) is 2.86. The highest BCUT2D eigenvalue weighted by Crippen LogP contribution is 2.37. The number of carbonyl (C=O) groups is 3. The zero-order valence-electron chi connectivity index (χ0n) is 14.2. The molecular weight excluding hydrogens is 323 g/mol. The molecule has 1 aromatic carbocycles. The van der Waals surface area contributed by atoms with Crippen LogP contribution in [0.4, 0.5) is 4.39 Å². The number of likely N-dealkylation sites (tertiary alicyclic amines) is 1. The number of nitrogens with one attached hydrogen (secondary N) is 1. The van der Waals surface area contributed by atoms with Gasteiger partial charge >= 0.3 is 0 Å². The van der Waals surface area contributed by atoms with Crippen LogP contribution in [0.15, 0.2) is 24.3 Å². The summed E-state index contributed by atoms with van der Waals surface area (Å²) in [6, 6.07) is 6.15. The summed E-state index contributed by atoms with van der Waals surface area (Å²) in [6.45, 7) is 0.602. The van der Waals surface area contributed by atoms with Crippen molar-refractivity contribution < 1.29 is 18.8 Å². The number of amides is 3. The van der Waals surface area contributed by atoms with Crippen molar-refractivity contribution in [1.29, 1.82) is 0 Å². The van der Waals surface area contributed by atoms with Crippen molar-refractivity contribution in [2.24, 2.45) is 11.8 Å². The minimum absolute atomic E-state index is 0.103. The van der Waals surface area contributed by atoms with Crippen molar-refractivity contribution in [3.63, 3.8) is 0 Å². The van der Waals surface area contributed by atoms with E-state index in [4.69, 9.17) is 0 Å². The number of rotatable bonds is 6. The summed E-state index contributed by atoms with van der Waals surface area (Å²) >= 11 is 0. The Bertz CT molecular complexity index is 635. The normalized spacial score (nSPS) is 22.8. The highest BCUT2D eigenvalue weighted by molar-refractivity contribution is 6.05. The van der Waals surface area contributed by atoms with E-state index >= 15 is 0 Å². The van der Waals surface area contributed by atoms with E-state index in [2.05, 4.69) is 5.32 Å². The van der Waals surface area contributed by atoms with Crippen molar-refractivity contribution in [3.05, 3.63) is 35.6 Å². The van der Waals surface area contributed by atoms with Crippen molar-refractivity contribution in [2.45, 2.75) is 38.5 Å². The van der Waals surface area contributed by atoms with Gasteiger partial charge in [-0.25, -0.2) is 4.39 Å². The number of fused-ring (bicyclic) bond motifs is 1. The average molecular weight is 346 g/mol. The molecule has 3 rings (SSSR count). The van der Waals surface area contributed by atoms with Gasteiger partial charge in [0.05, 0.1) is 11.8 Å². The first kappa shape index (κ1) is 17.6. The van der Waals surface area contributed by atoms with Crippen LogP contribution in [0.1, 0.15) is 37.7 Å². The molecule has 0 aromatic heterocycles. The van der Waals surface area contributed by atoms with Crippen LogP contribution in [0, 0.1) is 17.7 Å². The molecule has 25 heavy (non-hydrogen) atoms. The molecule has 2 aliphatic rings. The van der Waals surface area contributed by atoms with Gasteiger partial charge in [-0.2, -0.15) is 0 Å². The molecule has 2 atom stereocenters. The second-order valence-corrected chi connectivity index (χ2v) is 6.80. The lowest BCUT2D eigenvalue weighted by molar-refractivity contribution is -0.140. The van der Waals surface area contributed by atoms with Crippen molar-refractivity contribution in [1.82, 2.24) is 10.2 Å². The van der Waals surface area contributed by atoms with Crippen LogP contribution in [0.25, 0.3) is 0 Å². The Balaban J connectivity index is 1.42. The van der Waals surface area contributed by atoms with Gasteiger partial charge in [-0.15, -0.1) is 0 Å². The maximum atomic E-state index is 12.8. The number of benzene rings is 1. The largest absolute Gasteiger partial charge is 0.356 e. The molecule has 2 fully saturated rings. The summed E-state index contributed by atoms with van der Waals surface area (Å²) in [5.41, 5.74) is 0.940. The van der Waals surface area contributed by atoms with Gasteiger partial charge in [0.15, 0.2) is 0 Å². The Morgan fingerprint density at radius 3 is 2.28 bits per heavy atom. The topological polar surface area (TPSA) is 66.5 Å². The lowest BCUT2D eigenvalue weighted by atomic mass is 9.81. The first-order valence-corrected chi connectivity index (χ1v) is 8.92. The number of carbonyl (C=O) groups excluding carboxylic acids is 3. The summed E-state index contributed by atoms with van der Waals surface area (Å²) in [7, 11) is 0. The highest BCUT2D eigenvalue weighted by atomic mass is 19.1. The quantitative estimate of drug-likeness (QED) is 0.802. The molecule has 1 aliphatic heterocycles. The predicted molar refractivity (Wildman–Crippen MR) is 89.9 cm³/mol. The molecule has 0 radical (unpaired) electrons. The van der Waals surface area contributed by atoms with Gasteiger partial charge in [0.1, 0.15) is 5.82 Å². The van der Waals surface area contributed by atoms with Crippen LogP contribution in [0.3, 0.4) is 0 Å². The Morgan fingerprint density at radius 1 is 1.08 bits per heavy atom. The molecule has 3 amide bonds. The predicted octanol–water partition coefficient (Wildman–Crippen LogP) is 2.05. The zero-order chi connectivity index (χ0) is 17.8. The molecule has 0 bridgehead atoms. The maximum absolute atomic E-state index is 12.8. The number of hydrogen-bond donors (Lipinski definition) is 1. The van der Waals surface area contributed by atoms with Crippen LogP contribution in [0.2, 0.25) is 0 Å². The molecule has 1 saturated heterocycles. The van der Waals surface area contributed by atoms with Crippen LogP contribution in [0.5, 0.6) is 0 Å². The van der Waals surface area contributed by atoms with Gasteiger partial charge in [0, 0.05) is 19.5 Å². The van der Waals surface area contributed by atoms with Gasteiger partial charge in [0.25, 0.3) is 0 Å². The van der Waals surface area contributed by atoms with E-state index in [0.717, 1.165) is 31.2 Å². The molecule has 1 aliphatic carbocycles. The lowest BCUT2D eigenvalue weighted by Crippen LogP contribution is -2.35. The third-order valence-electron chi connectivity index (χ3n) is 5.14. The van der Waals surface area contributed by atoms with Gasteiger partial charge in [-0.05, 0) is 37.0 Å². The van der Waals surface area contributed by atoms with E-state index in [1.165, 1.54) is 17.0 Å². The first-order chi connectivity index (χ1) is 12.1. The van der Waals surface area contributed by atoms with E-state index in [-0.39, 0.29) is 48.3 Å². The second-order valence-electron chi connectivity index (χ2n) is 6.80. The lowest BCUT2D eigenvalue weighted by Gasteiger charge is -2.19. The molecule has 1 aromatic rings. The van der Waals surface area contributed by atoms with Gasteiger partial charge in [-0.1, -0.05) is 25.0 Å². The van der Waals surface area contributed by atoms with E-state index in [1.54, 1.807) is 12.1 Å². The van der Waals surface area contributed by atoms with Gasteiger partial charge in [-0.3, -0.25) is 19.3 Å². The number of hydrogen-bond acceptors (Lipinski definition) is 3. The molecule has 1 saturated carbocycles. The minimum atomic E-state index is -0.284. The molecule has 2 unspecified atom stereocenters. The van der Waals surface area contributed by atoms with Crippen LogP contribution in [-0.4, -0.2) is 35.7 Å². The summed E-state index contributed by atoms with van der Waals surface area (Å²) in [6.07, 6.45) is 4.30. The van der Waals surface area contributed by atoms with E-state index in [0.29, 0.717) is 13.0 Å². The minimum Gasteiger partial charge on any atom is -0.356 e. The summed E-state index contributed by atoms with van der Waals surface area (Å²) in [5.74, 6) is -1.00. The fraction of sp³-hybridized carbons (Fsp3) is 0.526. The monoisotopic (exact) mass is 346 g/mol.